The van der Waals surface area contributed by atoms with E-state index in [-0.39, 0.29) is 36.4 Å². The molecule has 0 aliphatic carbocycles. The molecule has 3 aromatic rings. The highest BCUT2D eigenvalue weighted by molar-refractivity contribution is 7.79. The summed E-state index contributed by atoms with van der Waals surface area (Å²) >= 11 is -2.78. The number of halogens is 6. The number of alkyl halides is 6. The minimum atomic E-state index is -6.27. The van der Waals surface area contributed by atoms with Crippen LogP contribution in [0.1, 0.15) is 73.3 Å². The van der Waals surface area contributed by atoms with Crippen LogP contribution in [-0.2, 0) is 16.5 Å². The van der Waals surface area contributed by atoms with Gasteiger partial charge in [-0.1, -0.05) is 18.2 Å². The van der Waals surface area contributed by atoms with Gasteiger partial charge < -0.3 is 35.2 Å². The average molecular weight is 709 g/mol. The molecule has 3 rings (SSSR count). The van der Waals surface area contributed by atoms with Crippen LogP contribution in [0.2, 0.25) is 0 Å². The molecule has 0 aliphatic heterocycles. The Hall–Kier alpha value is -5.83. The van der Waals surface area contributed by atoms with Crippen LogP contribution in [0.25, 0.3) is 0 Å². The first-order chi connectivity index (χ1) is 21.9. The molecule has 14 nitrogen and oxygen atoms in total. The third-order valence-electron chi connectivity index (χ3n) is 6.33. The first-order valence-electron chi connectivity index (χ1n) is 12.0. The van der Waals surface area contributed by atoms with Gasteiger partial charge in [-0.15, -0.1) is 0 Å². The van der Waals surface area contributed by atoms with Gasteiger partial charge in [0.1, 0.15) is 0 Å². The normalized spacial score (nSPS) is 12.2. The molecule has 0 radical (unpaired) electrons. The molecular formula is C27H15F6O14S-. The lowest BCUT2D eigenvalue weighted by atomic mass is 9.71. The molecule has 48 heavy (non-hydrogen) atoms. The van der Waals surface area contributed by atoms with Crippen molar-refractivity contribution in [3.63, 3.8) is 0 Å². The predicted octanol–water partition coefficient (Wildman–Crippen LogP) is 4.21. The fraction of sp³-hybridized carbons (Fsp3) is 0.111. The Morgan fingerprint density at radius 2 is 0.875 bits per heavy atom. The van der Waals surface area contributed by atoms with Crippen molar-refractivity contribution in [1.29, 1.82) is 0 Å². The van der Waals surface area contributed by atoms with E-state index in [9.17, 15) is 63.9 Å². The van der Waals surface area contributed by atoms with Crippen LogP contribution in [0.15, 0.2) is 59.5 Å². The molecule has 0 aliphatic rings. The number of carboxylic acid groups (broad SMARTS) is 6. The van der Waals surface area contributed by atoms with Gasteiger partial charge in [0.2, 0.25) is 5.41 Å². The van der Waals surface area contributed by atoms with Gasteiger partial charge in [-0.05, 0) is 58.6 Å². The SMILES string of the molecule is O=C(O)c1ccc(C(c2ccc(C(=O)O)c(C(=O)O)c2)(C(F)(F)F)C(F)(F)F)cc1C(=O)O.O=C(O)c1cccc(S(=O)[O-])c1C(=O)O. The second kappa shape index (κ2) is 13.9. The van der Waals surface area contributed by atoms with Crippen LogP contribution in [0.4, 0.5) is 26.3 Å². The van der Waals surface area contributed by atoms with Crippen LogP contribution in [0.5, 0.6) is 0 Å². The standard InChI is InChI=1S/C19H10F6O8.C8H6O6S/c20-18(21,22)17(19(23,24)25,7-1-3-9(13(26)27)11(5-7)15(30)31)8-2-4-10(14(28)29)12(6-8)16(32)33;9-7(10)4-2-1-3-5(15(13)14)6(4)8(11)12/h1-6H,(H,26,27)(H,28,29)(H,30,31)(H,32,33);1-3H,(H,9,10)(H,11,12)(H,13,14)/p-1. The van der Waals surface area contributed by atoms with Crippen molar-refractivity contribution in [1.82, 2.24) is 0 Å². The van der Waals surface area contributed by atoms with Crippen molar-refractivity contribution in [3.05, 3.63) is 99.1 Å². The van der Waals surface area contributed by atoms with Crippen LogP contribution < -0.4 is 0 Å². The lowest BCUT2D eigenvalue weighted by Crippen LogP contribution is -2.55. The molecule has 0 aromatic heterocycles. The van der Waals surface area contributed by atoms with E-state index in [4.69, 9.17) is 30.6 Å². The van der Waals surface area contributed by atoms with Gasteiger partial charge in [0.25, 0.3) is 0 Å². The van der Waals surface area contributed by atoms with E-state index in [1.165, 1.54) is 6.07 Å². The summed E-state index contributed by atoms with van der Waals surface area (Å²) in [4.78, 5) is 65.8. The Kier molecular flexibility index (Phi) is 11.1. The summed E-state index contributed by atoms with van der Waals surface area (Å²) in [6.45, 7) is 0. The van der Waals surface area contributed by atoms with Crippen molar-refractivity contribution in [2.75, 3.05) is 0 Å². The number of aromatic carboxylic acids is 6. The summed E-state index contributed by atoms with van der Waals surface area (Å²) in [6.07, 6.45) is -12.5. The molecule has 1 unspecified atom stereocenters. The highest BCUT2D eigenvalue weighted by Crippen LogP contribution is 2.56. The largest absolute Gasteiger partial charge is 0.768 e. The van der Waals surface area contributed by atoms with Crippen molar-refractivity contribution in [3.8, 4) is 0 Å². The highest BCUT2D eigenvalue weighted by atomic mass is 32.2. The van der Waals surface area contributed by atoms with Crippen LogP contribution in [-0.4, -0.2) is 87.6 Å². The predicted molar refractivity (Wildman–Crippen MR) is 141 cm³/mol. The Morgan fingerprint density at radius 3 is 1.15 bits per heavy atom. The van der Waals surface area contributed by atoms with Crippen molar-refractivity contribution in [2.45, 2.75) is 22.7 Å². The van der Waals surface area contributed by atoms with Gasteiger partial charge in [0.15, 0.2) is 0 Å². The zero-order valence-electron chi connectivity index (χ0n) is 22.8. The molecule has 0 heterocycles. The zero-order chi connectivity index (χ0) is 37.1. The second-order valence-electron chi connectivity index (χ2n) is 9.01. The first-order valence-corrected chi connectivity index (χ1v) is 13.0. The molecule has 0 fully saturated rings. The topological polar surface area (TPSA) is 264 Å². The van der Waals surface area contributed by atoms with E-state index in [0.29, 0.717) is 0 Å². The van der Waals surface area contributed by atoms with Crippen LogP contribution >= 0.6 is 0 Å². The zero-order valence-corrected chi connectivity index (χ0v) is 23.6. The molecule has 0 spiro atoms. The Labute approximate surface area is 263 Å². The summed E-state index contributed by atoms with van der Waals surface area (Å²) in [5.41, 5.74) is -14.8. The van der Waals surface area contributed by atoms with E-state index < -0.39 is 114 Å². The van der Waals surface area contributed by atoms with Gasteiger partial charge in [-0.2, -0.15) is 26.3 Å². The Bertz CT molecular complexity index is 1740. The fourth-order valence-electron chi connectivity index (χ4n) is 4.33. The molecule has 1 atom stereocenters. The van der Waals surface area contributed by atoms with Crippen molar-refractivity contribution < 1.29 is 94.5 Å². The lowest BCUT2D eigenvalue weighted by molar-refractivity contribution is -0.288. The van der Waals surface area contributed by atoms with E-state index in [1.807, 2.05) is 0 Å². The average Bonchev–Trinajstić information content (AvgIpc) is 2.95. The fourth-order valence-corrected chi connectivity index (χ4v) is 4.89. The monoisotopic (exact) mass is 709 g/mol. The smallest absolute Gasteiger partial charge is 0.411 e. The Balaban J connectivity index is 0.000000444. The summed E-state index contributed by atoms with van der Waals surface area (Å²) in [5, 5.41) is 53.6. The maximum Gasteiger partial charge on any atom is 0.411 e. The van der Waals surface area contributed by atoms with Gasteiger partial charge in [0, 0.05) is 4.90 Å². The number of carbonyl (C=O) groups is 6. The Morgan fingerprint density at radius 1 is 0.521 bits per heavy atom. The van der Waals surface area contributed by atoms with E-state index >= 15 is 0 Å². The molecule has 256 valence electrons. The van der Waals surface area contributed by atoms with Gasteiger partial charge >= 0.3 is 48.2 Å². The number of hydrogen-bond acceptors (Lipinski definition) is 8. The van der Waals surface area contributed by atoms with Crippen molar-refractivity contribution >= 4 is 46.9 Å². The number of hydrogen-bond donors (Lipinski definition) is 6. The minimum absolute atomic E-state index is 0.0996. The van der Waals surface area contributed by atoms with Crippen LogP contribution in [0.3, 0.4) is 0 Å². The summed E-state index contributed by atoms with van der Waals surface area (Å²) < 4.78 is 106. The number of rotatable bonds is 9. The van der Waals surface area contributed by atoms with Crippen LogP contribution in [0, 0.1) is 0 Å². The van der Waals surface area contributed by atoms with Gasteiger partial charge in [-0.3, -0.25) is 4.21 Å². The molecule has 6 N–H and O–H groups in total. The molecule has 0 saturated heterocycles. The quantitative estimate of drug-likeness (QED) is 0.134. The molecular weight excluding hydrogens is 694 g/mol. The summed E-state index contributed by atoms with van der Waals surface area (Å²) in [5.74, 6) is -11.2. The second-order valence-corrected chi connectivity index (χ2v) is 9.92. The molecule has 0 amide bonds. The maximum atomic E-state index is 14.2. The van der Waals surface area contributed by atoms with E-state index in [2.05, 4.69) is 0 Å². The summed E-state index contributed by atoms with van der Waals surface area (Å²) in [6, 6.07) is 3.64. The third kappa shape index (κ3) is 7.25. The summed E-state index contributed by atoms with van der Waals surface area (Å²) in [7, 11) is 0. The lowest BCUT2D eigenvalue weighted by Gasteiger charge is -2.38. The maximum absolute atomic E-state index is 14.2. The minimum Gasteiger partial charge on any atom is -0.768 e. The molecule has 0 bridgehead atoms. The molecule has 3 aromatic carbocycles. The van der Waals surface area contributed by atoms with Crippen molar-refractivity contribution in [2.24, 2.45) is 0 Å². The van der Waals surface area contributed by atoms with Gasteiger partial charge in [-0.25, -0.2) is 28.8 Å². The molecule has 21 heteroatoms. The first kappa shape index (κ1) is 38.4. The third-order valence-corrected chi connectivity index (χ3v) is 7.03. The van der Waals surface area contributed by atoms with Gasteiger partial charge in [0.05, 0.1) is 33.4 Å². The molecule has 0 saturated carbocycles. The van der Waals surface area contributed by atoms with E-state index in [1.54, 1.807) is 0 Å². The van der Waals surface area contributed by atoms with E-state index in [0.717, 1.165) is 12.1 Å². The highest BCUT2D eigenvalue weighted by Gasteiger charge is 2.72. The number of carboxylic acids is 6. The number of benzene rings is 3.